The summed E-state index contributed by atoms with van der Waals surface area (Å²) in [5.74, 6) is -2.91. The molecule has 0 saturated carbocycles. The van der Waals surface area contributed by atoms with Gasteiger partial charge in [-0.25, -0.2) is 4.79 Å². The van der Waals surface area contributed by atoms with Gasteiger partial charge in [0.1, 0.15) is 6.04 Å². The van der Waals surface area contributed by atoms with Crippen LogP contribution in [-0.2, 0) is 18.9 Å². The molecule has 1 unspecified atom stereocenters. The fraction of sp³-hybridized carbons (Fsp3) is 0.727. The minimum absolute atomic E-state index is 0.116. The quantitative estimate of drug-likeness (QED) is 0.262. The number of nitrogens with two attached hydrogens (primary N) is 1. The van der Waals surface area contributed by atoms with Crippen LogP contribution in [0, 0.1) is 0 Å². The number of rotatable bonds is 10. The minimum atomic E-state index is -2.46. The van der Waals surface area contributed by atoms with Gasteiger partial charge in [0.05, 0.1) is 6.54 Å². The fourth-order valence-electron chi connectivity index (χ4n) is 1.51. The lowest BCUT2D eigenvalue weighted by Gasteiger charge is -2.13. The van der Waals surface area contributed by atoms with Crippen LogP contribution >= 0.6 is 8.03 Å². The maximum Gasteiger partial charge on any atom is 0.530 e. The highest BCUT2D eigenvalue weighted by molar-refractivity contribution is 7.38. The van der Waals surface area contributed by atoms with E-state index in [4.69, 9.17) is 15.7 Å². The maximum absolute atomic E-state index is 11.4. The molecule has 0 spiro atoms. The molecule has 0 heterocycles. The predicted molar refractivity (Wildman–Crippen MR) is 74.5 cm³/mol. The second kappa shape index (κ2) is 10.2. The number of aliphatic carboxylic acids is 1. The van der Waals surface area contributed by atoms with E-state index in [1.54, 1.807) is 0 Å². The Balaban J connectivity index is 4.00. The van der Waals surface area contributed by atoms with Gasteiger partial charge in [-0.15, -0.1) is 0 Å². The summed E-state index contributed by atoms with van der Waals surface area (Å²) in [6.07, 6.45) is 1.11. The van der Waals surface area contributed by atoms with Crippen molar-refractivity contribution >= 4 is 25.8 Å². The molecule has 0 aromatic carbocycles. The van der Waals surface area contributed by atoms with Crippen LogP contribution in [0.5, 0.6) is 0 Å². The summed E-state index contributed by atoms with van der Waals surface area (Å²) in [7, 11) is -2.46. The molecular weight excluding hydrogens is 301 g/mol. The van der Waals surface area contributed by atoms with E-state index in [1.165, 1.54) is 6.92 Å². The van der Waals surface area contributed by atoms with Gasteiger partial charge >= 0.3 is 14.0 Å². The highest BCUT2D eigenvalue weighted by Gasteiger charge is 2.24. The molecule has 0 rings (SSSR count). The van der Waals surface area contributed by atoms with Crippen LogP contribution in [0.15, 0.2) is 0 Å². The average molecular weight is 322 g/mol. The molecule has 21 heavy (non-hydrogen) atoms. The van der Waals surface area contributed by atoms with Crippen molar-refractivity contribution < 1.29 is 28.9 Å². The molecule has 0 aliphatic rings. The summed E-state index contributed by atoms with van der Waals surface area (Å²) in [5, 5.41) is 13.5. The predicted octanol–water partition coefficient (Wildman–Crippen LogP) is -0.728. The normalized spacial score (nSPS) is 14.0. The minimum Gasteiger partial charge on any atom is -0.480 e. The van der Waals surface area contributed by atoms with Gasteiger partial charge in [-0.3, -0.25) is 9.59 Å². The lowest BCUT2D eigenvalue weighted by molar-refractivity contribution is -0.141. The Morgan fingerprint density at radius 1 is 1.19 bits per heavy atom. The topological polar surface area (TPSA) is 159 Å². The van der Waals surface area contributed by atoms with Gasteiger partial charge in [-0.1, -0.05) is 6.42 Å². The zero-order valence-corrected chi connectivity index (χ0v) is 12.6. The Labute approximate surface area is 123 Å². The van der Waals surface area contributed by atoms with E-state index >= 15 is 0 Å². The smallest absolute Gasteiger partial charge is 0.480 e. The number of nitrogens with one attached hydrogen (secondary N) is 2. The third-order valence-corrected chi connectivity index (χ3v) is 3.46. The number of carboxylic acids is 1. The first-order valence-corrected chi connectivity index (χ1v) is 7.73. The van der Waals surface area contributed by atoms with Crippen molar-refractivity contribution in [1.29, 1.82) is 0 Å². The van der Waals surface area contributed by atoms with Crippen LogP contribution in [0.3, 0.4) is 0 Å². The second-order valence-corrected chi connectivity index (χ2v) is 5.83. The number of hydrogen-bond acceptors (Lipinski definition) is 5. The van der Waals surface area contributed by atoms with Crippen molar-refractivity contribution in [1.82, 2.24) is 10.6 Å². The van der Waals surface area contributed by atoms with Gasteiger partial charge in [0.25, 0.3) is 5.78 Å². The first-order chi connectivity index (χ1) is 9.77. The first-order valence-electron chi connectivity index (χ1n) is 6.44. The van der Waals surface area contributed by atoms with Crippen molar-refractivity contribution in [2.24, 2.45) is 5.73 Å². The highest BCUT2D eigenvalue weighted by atomic mass is 31.1. The lowest BCUT2D eigenvalue weighted by Crippen LogP contribution is -2.43. The van der Waals surface area contributed by atoms with Crippen LogP contribution < -0.4 is 16.4 Å². The number of amides is 2. The van der Waals surface area contributed by atoms with E-state index in [2.05, 4.69) is 10.6 Å². The summed E-state index contributed by atoms with van der Waals surface area (Å²) in [6.45, 7) is 1.13. The molecule has 0 saturated heterocycles. The molecule has 6 N–H and O–H groups in total. The molecule has 0 aromatic heterocycles. The van der Waals surface area contributed by atoms with Crippen LogP contribution in [0.4, 0.5) is 0 Å². The largest absolute Gasteiger partial charge is 0.530 e. The Hall–Kier alpha value is -1.57. The van der Waals surface area contributed by atoms with Crippen LogP contribution in [0.25, 0.3) is 0 Å². The van der Waals surface area contributed by atoms with Gasteiger partial charge in [-0.2, -0.15) is 4.89 Å². The lowest BCUT2D eigenvalue weighted by atomic mass is 10.1. The van der Waals surface area contributed by atoms with Gasteiger partial charge in [-0.05, 0) is 17.4 Å². The number of hydrogen-bond donors (Lipinski definition) is 5. The van der Waals surface area contributed by atoms with Crippen molar-refractivity contribution in [3.63, 3.8) is 0 Å². The molecule has 10 heteroatoms. The van der Waals surface area contributed by atoms with Crippen molar-refractivity contribution in [2.75, 3.05) is 6.54 Å². The maximum atomic E-state index is 11.4. The molecule has 0 aromatic rings. The summed E-state index contributed by atoms with van der Waals surface area (Å²) in [5.41, 5.74) is 5.08. The van der Waals surface area contributed by atoms with Gasteiger partial charge in [0.15, 0.2) is 0 Å². The summed E-state index contributed by atoms with van der Waals surface area (Å²) < 4.78 is 10.7. The molecule has 2 amide bonds. The van der Waals surface area contributed by atoms with E-state index in [-0.39, 0.29) is 25.3 Å². The monoisotopic (exact) mass is 322 g/mol. The van der Waals surface area contributed by atoms with Gasteiger partial charge in [0, 0.05) is 13.3 Å². The van der Waals surface area contributed by atoms with Gasteiger partial charge in [0.2, 0.25) is 11.8 Å². The molecule has 0 fully saturated rings. The highest BCUT2D eigenvalue weighted by Crippen LogP contribution is 2.18. The summed E-state index contributed by atoms with van der Waals surface area (Å²) >= 11 is 0. The van der Waals surface area contributed by atoms with Crippen LogP contribution in [0.1, 0.15) is 32.6 Å². The SMILES string of the molecule is C[C@@H](NC(=O)CCCC[C@H](NC(=O)CN)C(=O)O)[P+](=O)O. The summed E-state index contributed by atoms with van der Waals surface area (Å²) in [6, 6.07) is -1.03. The second-order valence-electron chi connectivity index (χ2n) is 4.45. The Bertz CT molecular complexity index is 403. The zero-order chi connectivity index (χ0) is 16.4. The van der Waals surface area contributed by atoms with Crippen LogP contribution in [-0.4, -0.2) is 46.2 Å². The molecule has 9 nitrogen and oxygen atoms in total. The number of carbonyl (C=O) groups excluding carboxylic acids is 2. The Kier molecular flexibility index (Phi) is 9.44. The number of unbranched alkanes of at least 4 members (excludes halogenated alkanes) is 1. The van der Waals surface area contributed by atoms with Crippen molar-refractivity contribution in [3.05, 3.63) is 0 Å². The number of carbonyl (C=O) groups is 3. The molecule has 3 atom stereocenters. The molecule has 0 aliphatic carbocycles. The third-order valence-electron chi connectivity index (χ3n) is 2.67. The zero-order valence-electron chi connectivity index (χ0n) is 11.7. The fourth-order valence-corrected chi connectivity index (χ4v) is 1.76. The Morgan fingerprint density at radius 3 is 2.29 bits per heavy atom. The summed E-state index contributed by atoms with van der Waals surface area (Å²) in [4.78, 5) is 42.1. The van der Waals surface area contributed by atoms with E-state index in [0.29, 0.717) is 12.8 Å². The van der Waals surface area contributed by atoms with Crippen LogP contribution in [0.2, 0.25) is 0 Å². The molecule has 0 aliphatic heterocycles. The van der Waals surface area contributed by atoms with E-state index in [0.717, 1.165) is 0 Å². The Morgan fingerprint density at radius 2 is 1.81 bits per heavy atom. The molecule has 120 valence electrons. The molecule has 0 radical (unpaired) electrons. The average Bonchev–Trinajstić information content (AvgIpc) is 2.41. The van der Waals surface area contributed by atoms with E-state index in [1.807, 2.05) is 0 Å². The first kappa shape index (κ1) is 19.4. The van der Waals surface area contributed by atoms with Gasteiger partial charge < -0.3 is 21.5 Å². The molecule has 0 bridgehead atoms. The number of carboxylic acid groups (broad SMARTS) is 1. The van der Waals surface area contributed by atoms with Crippen molar-refractivity contribution in [2.45, 2.75) is 44.4 Å². The standard InChI is InChI=1S/C11H20N3O6P/c1-7(21(19)20)13-9(15)5-3-2-4-8(11(17)18)14-10(16)6-12/h7-8H,2-6,12H2,1H3,(H3-,13,14,15,16,17,18,19,20)/p+1/t7-,8-/m0/s1. The van der Waals surface area contributed by atoms with E-state index < -0.39 is 31.7 Å². The van der Waals surface area contributed by atoms with E-state index in [9.17, 15) is 18.9 Å². The molecular formula is C11H21N3O6P+. The van der Waals surface area contributed by atoms with Crippen molar-refractivity contribution in [3.8, 4) is 0 Å². The third kappa shape index (κ3) is 9.06.